The molecule has 2 atom stereocenters. The van der Waals surface area contributed by atoms with Crippen LogP contribution in [0, 0.1) is 0 Å². The number of hydrogen-bond acceptors (Lipinski definition) is 5. The van der Waals surface area contributed by atoms with Gasteiger partial charge in [0, 0.05) is 10.6 Å². The Balaban J connectivity index is 2.48. The molecule has 0 aliphatic heterocycles. The highest BCUT2D eigenvalue weighted by Gasteiger charge is 2.22. The summed E-state index contributed by atoms with van der Waals surface area (Å²) in [6, 6.07) is 6.13. The second-order valence-electron chi connectivity index (χ2n) is 4.16. The lowest BCUT2D eigenvalue weighted by Crippen LogP contribution is -2.43. The number of nitrogens with one attached hydrogen (secondary N) is 1. The van der Waals surface area contributed by atoms with E-state index in [4.69, 9.17) is 32.8 Å². The summed E-state index contributed by atoms with van der Waals surface area (Å²) in [5.41, 5.74) is -0.760. The van der Waals surface area contributed by atoms with Gasteiger partial charge in [0.15, 0.2) is 0 Å². The Hall–Kier alpha value is -1.79. The SMILES string of the molecule is CCOC(=O)[C@H](C)NC(=O)C(Cl)ON=Cc1ccccc1Cl. The number of esters is 1. The maximum absolute atomic E-state index is 11.7. The normalized spacial score (nSPS) is 13.5. The van der Waals surface area contributed by atoms with Crippen molar-refractivity contribution in [1.29, 1.82) is 0 Å². The van der Waals surface area contributed by atoms with Crippen LogP contribution in [0.25, 0.3) is 0 Å². The van der Waals surface area contributed by atoms with Crippen LogP contribution in [0.4, 0.5) is 0 Å². The number of carbonyl (C=O) groups is 2. The molecule has 1 amide bonds. The third kappa shape index (κ3) is 5.91. The lowest BCUT2D eigenvalue weighted by molar-refractivity contribution is -0.147. The van der Waals surface area contributed by atoms with E-state index in [2.05, 4.69) is 10.5 Å². The van der Waals surface area contributed by atoms with E-state index in [0.717, 1.165) is 0 Å². The first kappa shape index (κ1) is 18.3. The molecule has 0 saturated heterocycles. The number of nitrogens with zero attached hydrogens (tertiary/aromatic N) is 1. The number of hydrogen-bond donors (Lipinski definition) is 1. The molecule has 0 aliphatic carbocycles. The molecule has 1 aromatic carbocycles. The van der Waals surface area contributed by atoms with E-state index in [1.165, 1.54) is 13.1 Å². The molecule has 120 valence electrons. The van der Waals surface area contributed by atoms with E-state index in [1.807, 2.05) is 0 Å². The van der Waals surface area contributed by atoms with Gasteiger partial charge in [0.1, 0.15) is 6.04 Å². The van der Waals surface area contributed by atoms with Crippen molar-refractivity contribution in [3.8, 4) is 0 Å². The standard InChI is InChI=1S/C14H16Cl2N2O4/c1-3-21-14(20)9(2)18-13(19)12(16)22-17-8-10-6-4-5-7-11(10)15/h4-9,12H,3H2,1-2H3,(H,18,19)/t9-,12?/m0/s1. The second-order valence-corrected chi connectivity index (χ2v) is 4.96. The molecule has 0 saturated carbocycles. The molecule has 0 aliphatic rings. The highest BCUT2D eigenvalue weighted by molar-refractivity contribution is 6.33. The Kier molecular flexibility index (Phi) is 7.70. The summed E-state index contributed by atoms with van der Waals surface area (Å²) < 4.78 is 4.75. The number of amides is 1. The van der Waals surface area contributed by atoms with E-state index in [1.54, 1.807) is 31.2 Å². The molecule has 1 aromatic rings. The van der Waals surface area contributed by atoms with Crippen LogP contribution in [0.3, 0.4) is 0 Å². The quantitative estimate of drug-likeness (QED) is 0.355. The highest BCUT2D eigenvalue weighted by atomic mass is 35.5. The second kappa shape index (κ2) is 9.27. The van der Waals surface area contributed by atoms with Crippen LogP contribution in [0.15, 0.2) is 29.4 Å². The van der Waals surface area contributed by atoms with Gasteiger partial charge >= 0.3 is 5.97 Å². The Morgan fingerprint density at radius 3 is 2.73 bits per heavy atom. The average Bonchev–Trinajstić information content (AvgIpc) is 2.49. The van der Waals surface area contributed by atoms with Crippen LogP contribution >= 0.6 is 23.2 Å². The van der Waals surface area contributed by atoms with Gasteiger partial charge in [-0.25, -0.2) is 4.79 Å². The zero-order chi connectivity index (χ0) is 16.5. The molecule has 22 heavy (non-hydrogen) atoms. The lowest BCUT2D eigenvalue weighted by Gasteiger charge is -2.14. The monoisotopic (exact) mass is 346 g/mol. The molecular formula is C14H16Cl2N2O4. The van der Waals surface area contributed by atoms with Gasteiger partial charge in [0.2, 0.25) is 0 Å². The predicted molar refractivity (Wildman–Crippen MR) is 84.0 cm³/mol. The highest BCUT2D eigenvalue weighted by Crippen LogP contribution is 2.12. The fourth-order valence-corrected chi connectivity index (χ4v) is 1.67. The number of halogens is 2. The van der Waals surface area contributed by atoms with Crippen molar-refractivity contribution in [1.82, 2.24) is 5.32 Å². The van der Waals surface area contributed by atoms with Crippen molar-refractivity contribution in [2.45, 2.75) is 25.5 Å². The van der Waals surface area contributed by atoms with Crippen molar-refractivity contribution in [3.05, 3.63) is 34.9 Å². The van der Waals surface area contributed by atoms with Gasteiger partial charge in [-0.1, -0.05) is 46.6 Å². The summed E-state index contributed by atoms with van der Waals surface area (Å²) in [6.45, 7) is 3.37. The molecule has 1 N–H and O–H groups in total. The van der Waals surface area contributed by atoms with Crippen molar-refractivity contribution in [3.63, 3.8) is 0 Å². The number of alkyl halides is 1. The summed E-state index contributed by atoms with van der Waals surface area (Å²) in [7, 11) is 0. The molecule has 0 aromatic heterocycles. The van der Waals surface area contributed by atoms with Crippen LogP contribution in [-0.2, 0) is 19.2 Å². The molecule has 8 heteroatoms. The van der Waals surface area contributed by atoms with E-state index in [-0.39, 0.29) is 6.61 Å². The first-order chi connectivity index (χ1) is 10.5. The summed E-state index contributed by atoms with van der Waals surface area (Å²) in [5, 5.41) is 6.43. The topological polar surface area (TPSA) is 77.0 Å². The minimum absolute atomic E-state index is 0.224. The molecule has 0 heterocycles. The van der Waals surface area contributed by atoms with Gasteiger partial charge in [-0.2, -0.15) is 0 Å². The zero-order valence-electron chi connectivity index (χ0n) is 12.1. The Morgan fingerprint density at radius 1 is 1.41 bits per heavy atom. The minimum Gasteiger partial charge on any atom is -0.464 e. The maximum Gasteiger partial charge on any atom is 0.328 e. The first-order valence-electron chi connectivity index (χ1n) is 6.50. The summed E-state index contributed by atoms with van der Waals surface area (Å²) in [4.78, 5) is 27.9. The lowest BCUT2D eigenvalue weighted by atomic mass is 10.2. The Bertz CT molecular complexity index is 551. The molecular weight excluding hydrogens is 331 g/mol. The number of rotatable bonds is 7. The minimum atomic E-state index is -1.38. The van der Waals surface area contributed by atoms with Gasteiger partial charge in [0.05, 0.1) is 12.8 Å². The van der Waals surface area contributed by atoms with Crippen molar-refractivity contribution in [2.24, 2.45) is 5.16 Å². The number of carbonyl (C=O) groups excluding carboxylic acids is 2. The van der Waals surface area contributed by atoms with Crippen LogP contribution in [-0.4, -0.2) is 36.3 Å². The number of ether oxygens (including phenoxy) is 1. The summed E-state index contributed by atoms with van der Waals surface area (Å²) in [5.74, 6) is -1.25. The molecule has 0 fully saturated rings. The van der Waals surface area contributed by atoms with Gasteiger partial charge in [-0.05, 0) is 19.9 Å². The third-order valence-electron chi connectivity index (χ3n) is 2.46. The van der Waals surface area contributed by atoms with Crippen molar-refractivity contribution < 1.29 is 19.2 Å². The van der Waals surface area contributed by atoms with E-state index in [0.29, 0.717) is 10.6 Å². The van der Waals surface area contributed by atoms with E-state index in [9.17, 15) is 9.59 Å². The molecule has 1 unspecified atom stereocenters. The van der Waals surface area contributed by atoms with Crippen LogP contribution in [0.2, 0.25) is 5.02 Å². The fraction of sp³-hybridized carbons (Fsp3) is 0.357. The molecule has 1 rings (SSSR count). The Morgan fingerprint density at radius 2 is 2.09 bits per heavy atom. The van der Waals surface area contributed by atoms with Gasteiger partial charge in [0.25, 0.3) is 11.5 Å². The van der Waals surface area contributed by atoms with Crippen LogP contribution < -0.4 is 5.32 Å². The molecule has 0 spiro atoms. The van der Waals surface area contributed by atoms with E-state index >= 15 is 0 Å². The van der Waals surface area contributed by atoms with E-state index < -0.39 is 23.5 Å². The van der Waals surface area contributed by atoms with Crippen LogP contribution in [0.5, 0.6) is 0 Å². The first-order valence-corrected chi connectivity index (χ1v) is 7.32. The predicted octanol–water partition coefficient (Wildman–Crippen LogP) is 2.32. The molecule has 6 nitrogen and oxygen atoms in total. The average molecular weight is 347 g/mol. The van der Waals surface area contributed by atoms with Crippen molar-refractivity contribution in [2.75, 3.05) is 6.61 Å². The Labute approximate surface area is 138 Å². The number of benzene rings is 1. The third-order valence-corrected chi connectivity index (χ3v) is 3.08. The number of oxime groups is 1. The zero-order valence-corrected chi connectivity index (χ0v) is 13.6. The van der Waals surface area contributed by atoms with Gasteiger partial charge < -0.3 is 14.9 Å². The largest absolute Gasteiger partial charge is 0.464 e. The smallest absolute Gasteiger partial charge is 0.328 e. The van der Waals surface area contributed by atoms with Crippen LogP contribution in [0.1, 0.15) is 19.4 Å². The maximum atomic E-state index is 11.7. The van der Waals surface area contributed by atoms with Crippen molar-refractivity contribution >= 4 is 41.3 Å². The molecule has 0 radical (unpaired) electrons. The summed E-state index contributed by atoms with van der Waals surface area (Å²) in [6.07, 6.45) is 1.33. The van der Waals surface area contributed by atoms with Gasteiger partial charge in [-0.3, -0.25) is 4.79 Å². The fourth-order valence-electron chi connectivity index (χ4n) is 1.37. The molecule has 0 bridgehead atoms. The summed E-state index contributed by atoms with van der Waals surface area (Å²) >= 11 is 11.7. The van der Waals surface area contributed by atoms with Gasteiger partial charge in [-0.15, -0.1) is 0 Å².